The second-order valence-electron chi connectivity index (χ2n) is 6.15. The second kappa shape index (κ2) is 8.76. The van der Waals surface area contributed by atoms with Crippen LogP contribution < -0.4 is 35.0 Å². The van der Waals surface area contributed by atoms with Crippen molar-refractivity contribution in [2.75, 3.05) is 19.4 Å². The Labute approximate surface area is 168 Å². The normalized spacial score (nSPS) is 11.2. The van der Waals surface area contributed by atoms with Gasteiger partial charge in [-0.15, -0.1) is 0 Å². The van der Waals surface area contributed by atoms with E-state index in [9.17, 15) is 19.5 Å². The first-order valence-corrected chi connectivity index (χ1v) is 8.01. The molecule has 1 amide bonds. The number of aromatic hydroxyl groups is 1. The Morgan fingerprint density at radius 2 is 1.96 bits per heavy atom. The van der Waals surface area contributed by atoms with E-state index in [1.54, 1.807) is 0 Å². The van der Waals surface area contributed by atoms with Gasteiger partial charge in [0.1, 0.15) is 5.75 Å². The molecular weight excluding hydrogens is 343 g/mol. The van der Waals surface area contributed by atoms with Gasteiger partial charge < -0.3 is 20.6 Å². The summed E-state index contributed by atoms with van der Waals surface area (Å²) in [5.74, 6) is -0.968. The molecule has 0 heterocycles. The van der Waals surface area contributed by atoms with E-state index in [0.29, 0.717) is 0 Å². The number of phenolic OH excluding ortho intramolecular Hbond substituents is 1. The summed E-state index contributed by atoms with van der Waals surface area (Å²) in [5.41, 5.74) is -1.63. The maximum absolute atomic E-state index is 12.2. The summed E-state index contributed by atoms with van der Waals surface area (Å²) in [6.45, 7) is 3.77. The number of nitriles is 1. The van der Waals surface area contributed by atoms with Crippen LogP contribution in [0.1, 0.15) is 36.2 Å². The van der Waals surface area contributed by atoms with Gasteiger partial charge in [-0.1, -0.05) is 24.4 Å². The van der Waals surface area contributed by atoms with Gasteiger partial charge in [0.15, 0.2) is 0 Å². The van der Waals surface area contributed by atoms with E-state index >= 15 is 0 Å². The number of hydrogen-bond acceptors (Lipinski definition) is 6. The van der Waals surface area contributed by atoms with E-state index in [0.717, 1.165) is 6.42 Å². The van der Waals surface area contributed by atoms with Gasteiger partial charge >= 0.3 is 18.9 Å². The zero-order valence-electron chi connectivity index (χ0n) is 16.0. The van der Waals surface area contributed by atoms with Crippen LogP contribution in [0.25, 0.3) is 5.32 Å². The molecule has 0 aliphatic carbocycles. The number of carbonyl (C=O) groups is 1. The van der Waals surface area contributed by atoms with E-state index in [4.69, 9.17) is 5.26 Å². The van der Waals surface area contributed by atoms with Crippen molar-refractivity contribution in [3.05, 3.63) is 49.0 Å². The maximum atomic E-state index is 12.2. The Bertz CT molecular complexity index is 971. The minimum atomic E-state index is -0.780. The predicted octanol–water partition coefficient (Wildman–Crippen LogP) is -0.887. The van der Waals surface area contributed by atoms with Crippen LogP contribution in [0.15, 0.2) is 21.7 Å². The molecule has 0 bridgehead atoms. The Morgan fingerprint density at radius 3 is 2.48 bits per heavy atom. The standard InChI is InChI=1S/C18H20N4O4.Li/c1-5-9(2)20-13-14(17(25)16(13)24)21-12-7-10(8-19)6-11(15(12)23)18(26)22(3)4;/h6-7,9H,5H2,1-4H3,(H3,20,21,23,24,25,26);/q;+1/p-1/t9-;/m0./s1. The Kier molecular flexibility index (Phi) is 7.24. The third-order valence-corrected chi connectivity index (χ3v) is 3.98. The average Bonchev–Trinajstić information content (AvgIpc) is 2.64. The molecule has 0 aliphatic heterocycles. The first-order valence-electron chi connectivity index (χ1n) is 8.01. The average molecular weight is 362 g/mol. The molecule has 2 aromatic carbocycles. The summed E-state index contributed by atoms with van der Waals surface area (Å²) in [4.78, 5) is 37.1. The SMILES string of the molecule is CC[C@H](C)Nc1c([N-]c2cc(C#N)cc(C(=O)N(C)C)c2O)c(=O)c1=O.[Li+]. The molecule has 9 heteroatoms. The fourth-order valence-corrected chi connectivity index (χ4v) is 2.26. The van der Waals surface area contributed by atoms with Crippen molar-refractivity contribution in [3.63, 3.8) is 0 Å². The molecule has 2 aromatic rings. The second-order valence-corrected chi connectivity index (χ2v) is 6.15. The monoisotopic (exact) mass is 362 g/mol. The summed E-state index contributed by atoms with van der Waals surface area (Å²) in [5, 5.41) is 26.5. The fraction of sp³-hybridized carbons (Fsp3) is 0.333. The molecule has 0 saturated heterocycles. The zero-order valence-corrected chi connectivity index (χ0v) is 16.0. The van der Waals surface area contributed by atoms with Crippen molar-refractivity contribution in [1.82, 2.24) is 4.90 Å². The van der Waals surface area contributed by atoms with Gasteiger partial charge in [-0.05, 0) is 19.4 Å². The van der Waals surface area contributed by atoms with Gasteiger partial charge in [-0.2, -0.15) is 5.26 Å². The molecule has 0 spiro atoms. The van der Waals surface area contributed by atoms with E-state index in [-0.39, 0.29) is 53.1 Å². The first kappa shape index (κ1) is 22.3. The molecule has 27 heavy (non-hydrogen) atoms. The summed E-state index contributed by atoms with van der Waals surface area (Å²) < 4.78 is 0. The first-order chi connectivity index (χ1) is 12.2. The molecule has 0 unspecified atom stereocenters. The molecule has 8 nitrogen and oxygen atoms in total. The van der Waals surface area contributed by atoms with Crippen LogP contribution in [-0.2, 0) is 0 Å². The van der Waals surface area contributed by atoms with Gasteiger partial charge in [0, 0.05) is 20.1 Å². The molecule has 0 aliphatic rings. The molecule has 136 valence electrons. The van der Waals surface area contributed by atoms with Crippen molar-refractivity contribution in [2.45, 2.75) is 26.3 Å². The Balaban J connectivity index is 0.00000364. The minimum absolute atomic E-state index is 0. The van der Waals surface area contributed by atoms with E-state index in [1.165, 1.54) is 31.1 Å². The van der Waals surface area contributed by atoms with Crippen LogP contribution in [0.3, 0.4) is 0 Å². The Morgan fingerprint density at radius 1 is 1.33 bits per heavy atom. The van der Waals surface area contributed by atoms with Crippen LogP contribution in [0, 0.1) is 11.3 Å². The number of nitrogens with zero attached hydrogens (tertiary/aromatic N) is 3. The van der Waals surface area contributed by atoms with Crippen LogP contribution in [-0.4, -0.2) is 36.1 Å². The van der Waals surface area contributed by atoms with E-state index in [2.05, 4.69) is 10.6 Å². The van der Waals surface area contributed by atoms with Crippen molar-refractivity contribution in [1.29, 1.82) is 5.26 Å². The van der Waals surface area contributed by atoms with Crippen LogP contribution in [0.2, 0.25) is 0 Å². The number of nitrogens with one attached hydrogen (secondary N) is 1. The van der Waals surface area contributed by atoms with Crippen LogP contribution in [0.4, 0.5) is 17.1 Å². The maximum Gasteiger partial charge on any atom is 1.00 e. The molecule has 2 N–H and O–H groups in total. The van der Waals surface area contributed by atoms with Gasteiger partial charge in [-0.25, -0.2) is 0 Å². The summed E-state index contributed by atoms with van der Waals surface area (Å²) in [6, 6.07) is 4.34. The number of anilines is 1. The molecular formula is C18H19LiN4O4. The number of phenols is 1. The van der Waals surface area contributed by atoms with Crippen molar-refractivity contribution < 1.29 is 28.8 Å². The topological polar surface area (TPSA) is 125 Å². The number of hydrogen-bond donors (Lipinski definition) is 2. The summed E-state index contributed by atoms with van der Waals surface area (Å²) >= 11 is 0. The fourth-order valence-electron chi connectivity index (χ4n) is 2.26. The largest absolute Gasteiger partial charge is 1.00 e. The molecule has 0 saturated carbocycles. The van der Waals surface area contributed by atoms with Gasteiger partial charge in [-0.3, -0.25) is 14.4 Å². The predicted molar refractivity (Wildman–Crippen MR) is 98.2 cm³/mol. The Hall–Kier alpha value is -2.74. The molecule has 1 atom stereocenters. The van der Waals surface area contributed by atoms with E-state index in [1.807, 2.05) is 19.9 Å². The number of rotatable bonds is 6. The molecule has 0 aromatic heterocycles. The van der Waals surface area contributed by atoms with E-state index < -0.39 is 22.5 Å². The van der Waals surface area contributed by atoms with Crippen molar-refractivity contribution in [3.8, 4) is 11.8 Å². The van der Waals surface area contributed by atoms with Crippen LogP contribution in [0.5, 0.6) is 5.75 Å². The number of carbonyl (C=O) groups excluding carboxylic acids is 1. The molecule has 0 radical (unpaired) electrons. The minimum Gasteiger partial charge on any atom is -0.650 e. The van der Waals surface area contributed by atoms with Gasteiger partial charge in [0.05, 0.1) is 22.9 Å². The number of amides is 1. The summed E-state index contributed by atoms with van der Waals surface area (Å²) in [6.07, 6.45) is 0.731. The quantitative estimate of drug-likeness (QED) is 0.508. The van der Waals surface area contributed by atoms with Crippen molar-refractivity contribution in [2.24, 2.45) is 0 Å². The smallest absolute Gasteiger partial charge is 0.650 e. The third kappa shape index (κ3) is 4.33. The third-order valence-electron chi connectivity index (χ3n) is 3.98. The van der Waals surface area contributed by atoms with Crippen LogP contribution >= 0.6 is 0 Å². The zero-order chi connectivity index (χ0) is 19.6. The van der Waals surface area contributed by atoms with Gasteiger partial charge in [0.25, 0.3) is 5.91 Å². The molecule has 0 fully saturated rings. The number of benzene rings is 1. The van der Waals surface area contributed by atoms with Gasteiger partial charge in [0.2, 0.25) is 10.9 Å². The van der Waals surface area contributed by atoms with Crippen molar-refractivity contribution >= 4 is 23.0 Å². The molecule has 2 rings (SSSR count). The summed E-state index contributed by atoms with van der Waals surface area (Å²) in [7, 11) is 3.00.